The molecule has 1 aromatic rings. The monoisotopic (exact) mass is 164 g/mol. The van der Waals surface area contributed by atoms with Gasteiger partial charge in [-0.25, -0.2) is 0 Å². The Bertz CT molecular complexity index is 275. The zero-order valence-corrected chi connectivity index (χ0v) is 7.59. The van der Waals surface area contributed by atoms with Crippen molar-refractivity contribution in [3.63, 3.8) is 0 Å². The van der Waals surface area contributed by atoms with E-state index in [1.807, 2.05) is 0 Å². The first kappa shape index (κ1) is 7.87. The summed E-state index contributed by atoms with van der Waals surface area (Å²) in [4.78, 5) is 0. The fraction of sp³-hybridized carbons (Fsp3) is 0.600. The summed E-state index contributed by atoms with van der Waals surface area (Å²) < 4.78 is 2.16. The molecule has 0 amide bonds. The number of fused-ring (bicyclic) bond motifs is 1. The molecule has 2 nitrogen and oxygen atoms in total. The normalized spacial score (nSPS) is 21.3. The second-order valence-electron chi connectivity index (χ2n) is 3.72. The lowest BCUT2D eigenvalue weighted by Gasteiger charge is -2.06. The molecule has 0 radical (unpaired) electrons. The van der Waals surface area contributed by atoms with Gasteiger partial charge in [-0.15, -0.1) is 0 Å². The van der Waals surface area contributed by atoms with Gasteiger partial charge in [-0.2, -0.15) is 0 Å². The highest BCUT2D eigenvalue weighted by Crippen LogP contribution is 2.35. The van der Waals surface area contributed by atoms with Crippen LogP contribution in [0.3, 0.4) is 0 Å². The van der Waals surface area contributed by atoms with E-state index in [1.165, 1.54) is 18.4 Å². The summed E-state index contributed by atoms with van der Waals surface area (Å²) in [6.07, 6.45) is 8.20. The summed E-state index contributed by atoms with van der Waals surface area (Å²) in [5, 5.41) is 0. The zero-order valence-electron chi connectivity index (χ0n) is 7.59. The Labute approximate surface area is 73.4 Å². The van der Waals surface area contributed by atoms with Crippen LogP contribution in [0.4, 0.5) is 0 Å². The van der Waals surface area contributed by atoms with Gasteiger partial charge in [-0.1, -0.05) is 0 Å². The summed E-state index contributed by atoms with van der Waals surface area (Å²) in [7, 11) is 2.10. The van der Waals surface area contributed by atoms with E-state index in [2.05, 4.69) is 24.0 Å². The Balaban J connectivity index is 2.22. The average Bonchev–Trinajstić information content (AvgIpc) is 2.52. The van der Waals surface area contributed by atoms with Crippen molar-refractivity contribution in [3.8, 4) is 0 Å². The molecule has 0 saturated carbocycles. The lowest BCUT2D eigenvalue weighted by molar-refractivity contribution is 0.621. The van der Waals surface area contributed by atoms with E-state index in [0.29, 0.717) is 0 Å². The predicted molar refractivity (Wildman–Crippen MR) is 50.1 cm³/mol. The molecular weight excluding hydrogens is 148 g/mol. The van der Waals surface area contributed by atoms with Crippen molar-refractivity contribution in [1.29, 1.82) is 0 Å². The maximum absolute atomic E-state index is 5.57. The molecular formula is C10H16N2. The third-order valence-corrected chi connectivity index (χ3v) is 2.79. The van der Waals surface area contributed by atoms with Gasteiger partial charge in [-0.05, 0) is 42.9 Å². The second kappa shape index (κ2) is 2.94. The molecule has 2 rings (SSSR count). The van der Waals surface area contributed by atoms with Gasteiger partial charge in [0, 0.05) is 19.4 Å². The van der Waals surface area contributed by atoms with Crippen molar-refractivity contribution in [2.75, 3.05) is 6.54 Å². The summed E-state index contributed by atoms with van der Waals surface area (Å²) in [5.41, 5.74) is 8.65. The van der Waals surface area contributed by atoms with Crippen molar-refractivity contribution >= 4 is 0 Å². The van der Waals surface area contributed by atoms with Gasteiger partial charge in [0.25, 0.3) is 0 Å². The second-order valence-corrected chi connectivity index (χ2v) is 3.72. The van der Waals surface area contributed by atoms with Crippen molar-refractivity contribution in [1.82, 2.24) is 4.57 Å². The third kappa shape index (κ3) is 1.16. The number of nitrogens with zero attached hydrogens (tertiary/aromatic N) is 1. The Morgan fingerprint density at radius 3 is 3.17 bits per heavy atom. The van der Waals surface area contributed by atoms with Crippen LogP contribution in [0.25, 0.3) is 0 Å². The number of aromatic nitrogens is 1. The van der Waals surface area contributed by atoms with Crippen LogP contribution in [0.5, 0.6) is 0 Å². The standard InChI is InChI=1S/C10H16N2/c1-12-6-9-3-2-8(4-5-11)10(9)7-12/h6-8H,2-5,11H2,1H3. The molecule has 2 heteroatoms. The first-order valence-electron chi connectivity index (χ1n) is 4.66. The molecule has 1 atom stereocenters. The summed E-state index contributed by atoms with van der Waals surface area (Å²) in [5.74, 6) is 0.742. The summed E-state index contributed by atoms with van der Waals surface area (Å²) >= 11 is 0. The summed E-state index contributed by atoms with van der Waals surface area (Å²) in [6.45, 7) is 0.818. The Kier molecular flexibility index (Phi) is 1.93. The van der Waals surface area contributed by atoms with Crippen molar-refractivity contribution in [3.05, 3.63) is 23.5 Å². The fourth-order valence-corrected chi connectivity index (χ4v) is 2.22. The number of rotatable bonds is 2. The van der Waals surface area contributed by atoms with Gasteiger partial charge in [0.2, 0.25) is 0 Å². The van der Waals surface area contributed by atoms with Crippen LogP contribution in [0.15, 0.2) is 12.4 Å². The molecule has 0 aliphatic heterocycles. The SMILES string of the molecule is Cn1cc2c(c1)C(CCN)CC2. The predicted octanol–water partition coefficient (Wildman–Crippen LogP) is 1.40. The van der Waals surface area contributed by atoms with Crippen LogP contribution >= 0.6 is 0 Å². The van der Waals surface area contributed by atoms with Crippen molar-refractivity contribution in [2.24, 2.45) is 12.8 Å². The molecule has 0 saturated heterocycles. The Morgan fingerprint density at radius 2 is 2.42 bits per heavy atom. The minimum absolute atomic E-state index is 0.742. The number of hydrogen-bond acceptors (Lipinski definition) is 1. The molecule has 1 heterocycles. The molecule has 12 heavy (non-hydrogen) atoms. The molecule has 0 aromatic carbocycles. The smallest absolute Gasteiger partial charge is 0.0106 e. The maximum atomic E-state index is 5.57. The van der Waals surface area contributed by atoms with Gasteiger partial charge in [0.15, 0.2) is 0 Å². The van der Waals surface area contributed by atoms with Gasteiger partial charge in [0.1, 0.15) is 0 Å². The quantitative estimate of drug-likeness (QED) is 0.704. The molecule has 1 aliphatic carbocycles. The van der Waals surface area contributed by atoms with E-state index in [9.17, 15) is 0 Å². The van der Waals surface area contributed by atoms with Gasteiger partial charge in [-0.3, -0.25) is 0 Å². The first-order valence-corrected chi connectivity index (χ1v) is 4.66. The lowest BCUT2D eigenvalue weighted by Crippen LogP contribution is -2.04. The van der Waals surface area contributed by atoms with Crippen molar-refractivity contribution < 1.29 is 0 Å². The third-order valence-electron chi connectivity index (χ3n) is 2.79. The number of nitrogens with two attached hydrogens (primary N) is 1. The highest BCUT2D eigenvalue weighted by atomic mass is 14.9. The Hall–Kier alpha value is -0.760. The maximum Gasteiger partial charge on any atom is 0.0106 e. The van der Waals surface area contributed by atoms with Crippen LogP contribution in [-0.4, -0.2) is 11.1 Å². The fourth-order valence-electron chi connectivity index (χ4n) is 2.22. The molecule has 0 fully saturated rings. The largest absolute Gasteiger partial charge is 0.357 e. The molecule has 1 aromatic heterocycles. The lowest BCUT2D eigenvalue weighted by atomic mass is 10.0. The molecule has 1 unspecified atom stereocenters. The van der Waals surface area contributed by atoms with Gasteiger partial charge >= 0.3 is 0 Å². The minimum atomic E-state index is 0.742. The molecule has 66 valence electrons. The van der Waals surface area contributed by atoms with E-state index in [4.69, 9.17) is 5.73 Å². The van der Waals surface area contributed by atoms with Crippen LogP contribution in [0.1, 0.15) is 29.9 Å². The van der Waals surface area contributed by atoms with E-state index in [1.54, 1.807) is 5.56 Å². The Morgan fingerprint density at radius 1 is 1.58 bits per heavy atom. The zero-order chi connectivity index (χ0) is 8.55. The highest BCUT2D eigenvalue weighted by molar-refractivity contribution is 5.32. The number of hydrogen-bond donors (Lipinski definition) is 1. The molecule has 0 bridgehead atoms. The summed E-state index contributed by atoms with van der Waals surface area (Å²) in [6, 6.07) is 0. The van der Waals surface area contributed by atoms with Crippen LogP contribution in [0, 0.1) is 0 Å². The number of aryl methyl sites for hydroxylation is 2. The van der Waals surface area contributed by atoms with E-state index >= 15 is 0 Å². The van der Waals surface area contributed by atoms with E-state index < -0.39 is 0 Å². The highest BCUT2D eigenvalue weighted by Gasteiger charge is 2.22. The van der Waals surface area contributed by atoms with E-state index in [-0.39, 0.29) is 0 Å². The van der Waals surface area contributed by atoms with Gasteiger partial charge in [0.05, 0.1) is 0 Å². The van der Waals surface area contributed by atoms with Crippen LogP contribution in [-0.2, 0) is 13.5 Å². The molecule has 1 aliphatic rings. The van der Waals surface area contributed by atoms with E-state index in [0.717, 1.165) is 18.9 Å². The molecule has 2 N–H and O–H groups in total. The van der Waals surface area contributed by atoms with Gasteiger partial charge < -0.3 is 10.3 Å². The first-order chi connectivity index (χ1) is 5.81. The molecule has 0 spiro atoms. The van der Waals surface area contributed by atoms with Crippen LogP contribution < -0.4 is 5.73 Å². The van der Waals surface area contributed by atoms with Crippen LogP contribution in [0.2, 0.25) is 0 Å². The van der Waals surface area contributed by atoms with Crippen molar-refractivity contribution in [2.45, 2.75) is 25.2 Å². The average molecular weight is 164 g/mol. The minimum Gasteiger partial charge on any atom is -0.357 e. The topological polar surface area (TPSA) is 30.9 Å².